The summed E-state index contributed by atoms with van der Waals surface area (Å²) in [7, 11) is 0. The Bertz CT molecular complexity index is 661. The predicted octanol–water partition coefficient (Wildman–Crippen LogP) is 5.07. The molecule has 2 nitrogen and oxygen atoms in total. The summed E-state index contributed by atoms with van der Waals surface area (Å²) in [5, 5.41) is 11.2. The van der Waals surface area contributed by atoms with Gasteiger partial charge in [-0.05, 0) is 81.0 Å². The highest BCUT2D eigenvalue weighted by Crippen LogP contribution is 2.68. The fraction of sp³-hybridized carbons (Fsp3) is 0.783. The van der Waals surface area contributed by atoms with Crippen LogP contribution in [0.15, 0.2) is 23.8 Å². The maximum atomic E-state index is 12.3. The van der Waals surface area contributed by atoms with E-state index < -0.39 is 5.60 Å². The van der Waals surface area contributed by atoms with E-state index in [1.165, 1.54) is 18.4 Å². The summed E-state index contributed by atoms with van der Waals surface area (Å²) in [5.74, 6) is 2.43. The first-order valence-corrected chi connectivity index (χ1v) is 10.3. The van der Waals surface area contributed by atoms with Gasteiger partial charge < -0.3 is 5.11 Å². The molecule has 0 saturated heterocycles. The molecule has 0 aromatic rings. The molecule has 0 aromatic carbocycles. The molecule has 0 bridgehead atoms. The van der Waals surface area contributed by atoms with E-state index >= 15 is 0 Å². The Morgan fingerprint density at radius 3 is 2.56 bits per heavy atom. The zero-order valence-electron chi connectivity index (χ0n) is 16.4. The molecule has 0 aromatic heterocycles. The van der Waals surface area contributed by atoms with E-state index in [4.69, 9.17) is 0 Å². The summed E-state index contributed by atoms with van der Waals surface area (Å²) in [6, 6.07) is 0. The van der Waals surface area contributed by atoms with Crippen LogP contribution in [0.25, 0.3) is 0 Å². The van der Waals surface area contributed by atoms with Gasteiger partial charge in [-0.1, -0.05) is 44.6 Å². The first-order valence-electron chi connectivity index (χ1n) is 10.3. The topological polar surface area (TPSA) is 37.3 Å². The van der Waals surface area contributed by atoms with E-state index in [1.54, 1.807) is 12.5 Å². The van der Waals surface area contributed by atoms with Crippen LogP contribution in [0.3, 0.4) is 0 Å². The molecule has 7 atom stereocenters. The van der Waals surface area contributed by atoms with Gasteiger partial charge in [0.25, 0.3) is 0 Å². The van der Waals surface area contributed by atoms with Crippen LogP contribution in [0.4, 0.5) is 0 Å². The second kappa shape index (κ2) is 5.31. The number of hydrogen-bond donors (Lipinski definition) is 1. The maximum absolute atomic E-state index is 12.3. The molecule has 0 radical (unpaired) electrons. The van der Waals surface area contributed by atoms with Crippen LogP contribution in [-0.4, -0.2) is 16.5 Å². The van der Waals surface area contributed by atoms with Crippen molar-refractivity contribution in [2.24, 2.45) is 34.5 Å². The first kappa shape index (κ1) is 17.5. The number of allylic oxidation sites excluding steroid dienone is 3. The van der Waals surface area contributed by atoms with Crippen molar-refractivity contribution in [2.75, 3.05) is 0 Å². The molecule has 0 spiro atoms. The van der Waals surface area contributed by atoms with Crippen molar-refractivity contribution in [2.45, 2.75) is 78.2 Å². The molecule has 25 heavy (non-hydrogen) atoms. The van der Waals surface area contributed by atoms with Gasteiger partial charge in [0.1, 0.15) is 5.60 Å². The van der Waals surface area contributed by atoms with E-state index in [9.17, 15) is 9.90 Å². The van der Waals surface area contributed by atoms with Crippen molar-refractivity contribution in [3.63, 3.8) is 0 Å². The van der Waals surface area contributed by atoms with Crippen molar-refractivity contribution >= 4 is 5.78 Å². The maximum Gasteiger partial charge on any atom is 0.161 e. The third-order valence-electron chi connectivity index (χ3n) is 9.13. The fourth-order valence-electron chi connectivity index (χ4n) is 7.66. The van der Waals surface area contributed by atoms with Gasteiger partial charge in [0.15, 0.2) is 5.78 Å². The summed E-state index contributed by atoms with van der Waals surface area (Å²) in [6.07, 6.45) is 9.79. The summed E-state index contributed by atoms with van der Waals surface area (Å²) >= 11 is 0. The van der Waals surface area contributed by atoms with E-state index in [0.29, 0.717) is 35.5 Å². The minimum atomic E-state index is -1.09. The standard InChI is InChI=1S/C23H34O2/c1-14-6-9-21(4)18-7-10-22(5)19(8-11-23(22,25)16(3)24)17(18)13-15(2)20(21)12-14/h12,15,17-19,25H,1,6-11,13H2,2-5H3/t15-,17+,18-,19-,21+,22-,23-/m0/s1. The smallest absolute Gasteiger partial charge is 0.161 e. The second-order valence-electron chi connectivity index (χ2n) is 10.1. The number of aliphatic hydroxyl groups is 1. The molecule has 0 heterocycles. The third kappa shape index (κ3) is 2.10. The molecule has 1 N–H and O–H groups in total. The minimum Gasteiger partial charge on any atom is -0.382 e. The lowest BCUT2D eigenvalue weighted by Gasteiger charge is -2.60. The summed E-state index contributed by atoms with van der Waals surface area (Å²) < 4.78 is 0. The van der Waals surface area contributed by atoms with Crippen molar-refractivity contribution < 1.29 is 9.90 Å². The molecule has 3 fully saturated rings. The van der Waals surface area contributed by atoms with E-state index in [1.807, 2.05) is 0 Å². The molecular formula is C23H34O2. The fourth-order valence-corrected chi connectivity index (χ4v) is 7.66. The lowest BCUT2D eigenvalue weighted by Crippen LogP contribution is -2.57. The molecule has 0 aliphatic heterocycles. The van der Waals surface area contributed by atoms with Gasteiger partial charge in [0, 0.05) is 5.41 Å². The molecule has 0 unspecified atom stereocenters. The number of rotatable bonds is 1. The van der Waals surface area contributed by atoms with Gasteiger partial charge in [-0.2, -0.15) is 0 Å². The first-order chi connectivity index (χ1) is 11.6. The number of Topliss-reactive ketones (excluding diaryl/α,β-unsaturated/α-hetero) is 1. The third-order valence-corrected chi connectivity index (χ3v) is 9.13. The highest BCUT2D eigenvalue weighted by molar-refractivity contribution is 5.86. The Balaban J connectivity index is 1.73. The van der Waals surface area contributed by atoms with Crippen molar-refractivity contribution in [1.29, 1.82) is 0 Å². The lowest BCUT2D eigenvalue weighted by atomic mass is 9.44. The van der Waals surface area contributed by atoms with E-state index in [-0.39, 0.29) is 11.2 Å². The summed E-state index contributed by atoms with van der Waals surface area (Å²) in [6.45, 7) is 12.9. The predicted molar refractivity (Wildman–Crippen MR) is 101 cm³/mol. The van der Waals surface area contributed by atoms with Gasteiger partial charge in [-0.25, -0.2) is 0 Å². The number of hydrogen-bond acceptors (Lipinski definition) is 2. The molecule has 0 amide bonds. The minimum absolute atomic E-state index is 0.0134. The average molecular weight is 343 g/mol. The normalized spacial score (nSPS) is 52.0. The SMILES string of the molecule is C=C1C=C2[C@@H](C)C[C@@H]3[C@H](CC[C@@]4(C)[C@H]3CC[C@]4(O)C(C)=O)[C@@]2(C)CC1. The Morgan fingerprint density at radius 2 is 1.88 bits per heavy atom. The zero-order chi connectivity index (χ0) is 18.2. The number of carbonyl (C=O) groups excluding carboxylic acids is 1. The number of carbonyl (C=O) groups is 1. The molecule has 138 valence electrons. The van der Waals surface area contributed by atoms with Crippen molar-refractivity contribution in [3.8, 4) is 0 Å². The monoisotopic (exact) mass is 342 g/mol. The van der Waals surface area contributed by atoms with Gasteiger partial charge in [-0.15, -0.1) is 0 Å². The molecular weight excluding hydrogens is 308 g/mol. The highest BCUT2D eigenvalue weighted by atomic mass is 16.3. The number of fused-ring (bicyclic) bond motifs is 5. The molecule has 4 aliphatic rings. The molecule has 4 aliphatic carbocycles. The van der Waals surface area contributed by atoms with Crippen LogP contribution < -0.4 is 0 Å². The zero-order valence-corrected chi connectivity index (χ0v) is 16.4. The van der Waals surface area contributed by atoms with Gasteiger partial charge >= 0.3 is 0 Å². The van der Waals surface area contributed by atoms with E-state index in [2.05, 4.69) is 33.4 Å². The van der Waals surface area contributed by atoms with Crippen LogP contribution in [0.5, 0.6) is 0 Å². The summed E-state index contributed by atoms with van der Waals surface area (Å²) in [5.41, 5.74) is 1.90. The summed E-state index contributed by atoms with van der Waals surface area (Å²) in [4.78, 5) is 12.3. The highest BCUT2D eigenvalue weighted by Gasteiger charge is 2.65. The quantitative estimate of drug-likeness (QED) is 0.722. The molecule has 2 heteroatoms. The average Bonchev–Trinajstić information content (AvgIpc) is 2.83. The Hall–Kier alpha value is -0.890. The van der Waals surface area contributed by atoms with Crippen LogP contribution in [0.1, 0.15) is 72.6 Å². The van der Waals surface area contributed by atoms with Crippen LogP contribution >= 0.6 is 0 Å². The largest absolute Gasteiger partial charge is 0.382 e. The van der Waals surface area contributed by atoms with Crippen LogP contribution in [0.2, 0.25) is 0 Å². The number of ketones is 1. The second-order valence-corrected chi connectivity index (χ2v) is 10.1. The van der Waals surface area contributed by atoms with Crippen LogP contribution in [-0.2, 0) is 4.79 Å². The molecule has 3 saturated carbocycles. The van der Waals surface area contributed by atoms with Crippen molar-refractivity contribution in [3.05, 3.63) is 23.8 Å². The van der Waals surface area contributed by atoms with Crippen LogP contribution in [0, 0.1) is 34.5 Å². The van der Waals surface area contributed by atoms with E-state index in [0.717, 1.165) is 25.7 Å². The van der Waals surface area contributed by atoms with Gasteiger partial charge in [0.05, 0.1) is 0 Å². The van der Waals surface area contributed by atoms with Crippen molar-refractivity contribution in [1.82, 2.24) is 0 Å². The van der Waals surface area contributed by atoms with Gasteiger partial charge in [-0.3, -0.25) is 4.79 Å². The molecule has 4 rings (SSSR count). The Labute approximate surface area is 152 Å². The van der Waals surface area contributed by atoms with Gasteiger partial charge in [0.2, 0.25) is 0 Å². The lowest BCUT2D eigenvalue weighted by molar-refractivity contribution is -0.160. The Morgan fingerprint density at radius 1 is 1.20 bits per heavy atom. The Kier molecular flexibility index (Phi) is 3.72.